The van der Waals surface area contributed by atoms with E-state index in [2.05, 4.69) is 18.3 Å². The number of furan rings is 1. The van der Waals surface area contributed by atoms with Crippen molar-refractivity contribution < 1.29 is 4.42 Å². The predicted octanol–water partition coefficient (Wildman–Crippen LogP) is 3.38. The Balaban J connectivity index is 1.65. The van der Waals surface area contributed by atoms with Crippen LogP contribution in [0.15, 0.2) is 22.8 Å². The lowest BCUT2D eigenvalue weighted by Crippen LogP contribution is -2.35. The maximum Gasteiger partial charge on any atom is 0.105 e. The zero-order valence-corrected chi connectivity index (χ0v) is 10.2. The number of rotatable bonds is 5. The van der Waals surface area contributed by atoms with E-state index in [9.17, 15) is 0 Å². The first-order valence-electron chi connectivity index (χ1n) is 6.64. The van der Waals surface area contributed by atoms with Crippen molar-refractivity contribution in [2.45, 2.75) is 51.5 Å². The molecule has 2 heteroatoms. The summed E-state index contributed by atoms with van der Waals surface area (Å²) in [5.74, 6) is 2.05. The van der Waals surface area contributed by atoms with E-state index in [1.54, 1.807) is 6.26 Å². The van der Waals surface area contributed by atoms with Gasteiger partial charge in [0, 0.05) is 19.0 Å². The number of nitrogens with one attached hydrogen (secondary N) is 1. The molecular formula is C14H23NO. The monoisotopic (exact) mass is 221 g/mol. The van der Waals surface area contributed by atoms with Gasteiger partial charge in [0.05, 0.1) is 6.26 Å². The minimum Gasteiger partial charge on any atom is -0.469 e. The first-order chi connectivity index (χ1) is 7.88. The fourth-order valence-electron chi connectivity index (χ4n) is 2.70. The normalized spacial score (nSPS) is 25.8. The van der Waals surface area contributed by atoms with E-state index in [-0.39, 0.29) is 0 Å². The second-order valence-corrected chi connectivity index (χ2v) is 4.92. The molecule has 1 saturated carbocycles. The van der Waals surface area contributed by atoms with E-state index in [4.69, 9.17) is 4.42 Å². The van der Waals surface area contributed by atoms with Gasteiger partial charge in [0.15, 0.2) is 0 Å². The summed E-state index contributed by atoms with van der Waals surface area (Å²) < 4.78 is 5.33. The van der Waals surface area contributed by atoms with E-state index in [0.29, 0.717) is 0 Å². The van der Waals surface area contributed by atoms with Crippen LogP contribution >= 0.6 is 0 Å². The van der Waals surface area contributed by atoms with E-state index >= 15 is 0 Å². The van der Waals surface area contributed by atoms with Crippen molar-refractivity contribution in [3.8, 4) is 0 Å². The van der Waals surface area contributed by atoms with Crippen molar-refractivity contribution >= 4 is 0 Å². The van der Waals surface area contributed by atoms with Gasteiger partial charge in [-0.05, 0) is 30.9 Å². The minimum absolute atomic E-state index is 0.744. The van der Waals surface area contributed by atoms with Crippen LogP contribution in [0.25, 0.3) is 0 Å². The molecule has 0 saturated heterocycles. The van der Waals surface area contributed by atoms with Gasteiger partial charge in [-0.25, -0.2) is 0 Å². The Hall–Kier alpha value is -0.760. The highest BCUT2D eigenvalue weighted by molar-refractivity contribution is 4.98. The first kappa shape index (κ1) is 11.7. The Morgan fingerprint density at radius 3 is 3.12 bits per heavy atom. The van der Waals surface area contributed by atoms with Crippen LogP contribution in [0.2, 0.25) is 0 Å². The predicted molar refractivity (Wildman–Crippen MR) is 66.5 cm³/mol. The van der Waals surface area contributed by atoms with Crippen LogP contribution in [-0.4, -0.2) is 12.6 Å². The number of hydrogen-bond acceptors (Lipinski definition) is 2. The lowest BCUT2D eigenvalue weighted by molar-refractivity contribution is 0.279. The zero-order valence-electron chi connectivity index (χ0n) is 10.2. The van der Waals surface area contributed by atoms with Crippen LogP contribution < -0.4 is 5.32 Å². The molecule has 90 valence electrons. The molecular weight excluding hydrogens is 198 g/mol. The summed E-state index contributed by atoms with van der Waals surface area (Å²) in [6.07, 6.45) is 9.67. The number of hydrogen-bond donors (Lipinski definition) is 1. The van der Waals surface area contributed by atoms with Gasteiger partial charge in [-0.3, -0.25) is 0 Å². The van der Waals surface area contributed by atoms with Gasteiger partial charge in [-0.2, -0.15) is 0 Å². The van der Waals surface area contributed by atoms with Crippen molar-refractivity contribution in [2.75, 3.05) is 6.54 Å². The standard InChI is InChI=1S/C14H23NO/c1-2-12-5-3-6-13(11-12)15-9-8-14-7-4-10-16-14/h4,7,10,12-13,15H,2-3,5-6,8-9,11H2,1H3. The second kappa shape index (κ2) is 6.09. The third-order valence-electron chi connectivity index (χ3n) is 3.74. The highest BCUT2D eigenvalue weighted by atomic mass is 16.3. The molecule has 0 radical (unpaired) electrons. The van der Waals surface area contributed by atoms with E-state index in [0.717, 1.165) is 30.7 Å². The summed E-state index contributed by atoms with van der Waals surface area (Å²) in [6, 6.07) is 4.76. The molecule has 0 amide bonds. The summed E-state index contributed by atoms with van der Waals surface area (Å²) in [5, 5.41) is 3.66. The molecule has 1 aliphatic carbocycles. The van der Waals surface area contributed by atoms with Gasteiger partial charge in [0.1, 0.15) is 5.76 Å². The van der Waals surface area contributed by atoms with Gasteiger partial charge < -0.3 is 9.73 Å². The fourth-order valence-corrected chi connectivity index (χ4v) is 2.70. The molecule has 0 spiro atoms. The SMILES string of the molecule is CCC1CCCC(NCCc2ccco2)C1. The topological polar surface area (TPSA) is 25.2 Å². The molecule has 2 unspecified atom stereocenters. The average Bonchev–Trinajstić information content (AvgIpc) is 2.82. The summed E-state index contributed by atoms with van der Waals surface area (Å²) in [7, 11) is 0. The molecule has 2 rings (SSSR count). The van der Waals surface area contributed by atoms with Crippen LogP contribution in [-0.2, 0) is 6.42 Å². The van der Waals surface area contributed by atoms with Crippen LogP contribution in [0.5, 0.6) is 0 Å². The molecule has 0 aromatic carbocycles. The van der Waals surface area contributed by atoms with E-state index in [1.165, 1.54) is 32.1 Å². The molecule has 2 atom stereocenters. The lowest BCUT2D eigenvalue weighted by Gasteiger charge is -2.29. The quantitative estimate of drug-likeness (QED) is 0.824. The van der Waals surface area contributed by atoms with Crippen molar-refractivity contribution in [2.24, 2.45) is 5.92 Å². The van der Waals surface area contributed by atoms with Gasteiger partial charge in [0.25, 0.3) is 0 Å². The molecule has 1 aliphatic rings. The van der Waals surface area contributed by atoms with Crippen molar-refractivity contribution in [1.82, 2.24) is 5.32 Å². The third-order valence-corrected chi connectivity index (χ3v) is 3.74. The Labute approximate surface area is 98.4 Å². The maximum atomic E-state index is 5.33. The minimum atomic E-state index is 0.744. The summed E-state index contributed by atoms with van der Waals surface area (Å²) in [5.41, 5.74) is 0. The third kappa shape index (κ3) is 3.38. The molecule has 16 heavy (non-hydrogen) atoms. The highest BCUT2D eigenvalue weighted by Crippen LogP contribution is 2.26. The van der Waals surface area contributed by atoms with Crippen molar-refractivity contribution in [3.63, 3.8) is 0 Å². The van der Waals surface area contributed by atoms with Crippen molar-refractivity contribution in [1.29, 1.82) is 0 Å². The fraction of sp³-hybridized carbons (Fsp3) is 0.714. The van der Waals surface area contributed by atoms with Gasteiger partial charge >= 0.3 is 0 Å². The van der Waals surface area contributed by atoms with Crippen molar-refractivity contribution in [3.05, 3.63) is 24.2 Å². The second-order valence-electron chi connectivity index (χ2n) is 4.92. The molecule has 1 N–H and O–H groups in total. The van der Waals surface area contributed by atoms with Crippen LogP contribution in [0.3, 0.4) is 0 Å². The molecule has 1 aromatic rings. The van der Waals surface area contributed by atoms with Crippen LogP contribution in [0.4, 0.5) is 0 Å². The summed E-state index contributed by atoms with van der Waals surface area (Å²) in [4.78, 5) is 0. The first-order valence-corrected chi connectivity index (χ1v) is 6.64. The zero-order chi connectivity index (χ0) is 11.2. The molecule has 0 aliphatic heterocycles. The van der Waals surface area contributed by atoms with Crippen LogP contribution in [0.1, 0.15) is 44.8 Å². The Morgan fingerprint density at radius 2 is 2.38 bits per heavy atom. The maximum absolute atomic E-state index is 5.33. The van der Waals surface area contributed by atoms with Gasteiger partial charge in [-0.1, -0.05) is 26.2 Å². The van der Waals surface area contributed by atoms with Crippen LogP contribution in [0, 0.1) is 5.92 Å². The smallest absolute Gasteiger partial charge is 0.105 e. The van der Waals surface area contributed by atoms with E-state index in [1.807, 2.05) is 6.07 Å². The van der Waals surface area contributed by atoms with Gasteiger partial charge in [0.2, 0.25) is 0 Å². The molecule has 1 heterocycles. The van der Waals surface area contributed by atoms with E-state index < -0.39 is 0 Å². The molecule has 1 fully saturated rings. The Kier molecular flexibility index (Phi) is 4.46. The molecule has 2 nitrogen and oxygen atoms in total. The summed E-state index contributed by atoms with van der Waals surface area (Å²) in [6.45, 7) is 3.37. The Bertz CT molecular complexity index is 281. The molecule has 0 bridgehead atoms. The molecule has 1 aromatic heterocycles. The van der Waals surface area contributed by atoms with Gasteiger partial charge in [-0.15, -0.1) is 0 Å². The lowest BCUT2D eigenvalue weighted by atomic mass is 9.84. The Morgan fingerprint density at radius 1 is 1.44 bits per heavy atom. The average molecular weight is 221 g/mol. The summed E-state index contributed by atoms with van der Waals surface area (Å²) >= 11 is 0. The highest BCUT2D eigenvalue weighted by Gasteiger charge is 2.19. The largest absolute Gasteiger partial charge is 0.469 e.